The molecule has 7 rings (SSSR count). The van der Waals surface area contributed by atoms with Crippen LogP contribution >= 0.6 is 0 Å². The predicted molar refractivity (Wildman–Crippen MR) is 183 cm³/mol. The summed E-state index contributed by atoms with van der Waals surface area (Å²) in [5.41, 5.74) is 7.09. The highest BCUT2D eigenvalue weighted by Crippen LogP contribution is 2.36. The van der Waals surface area contributed by atoms with E-state index in [0.29, 0.717) is 41.6 Å². The van der Waals surface area contributed by atoms with Crippen LogP contribution in [0.3, 0.4) is 0 Å². The van der Waals surface area contributed by atoms with Gasteiger partial charge in [-0.15, -0.1) is 0 Å². The van der Waals surface area contributed by atoms with Crippen molar-refractivity contribution in [2.75, 3.05) is 45.7 Å². The minimum Gasteiger partial charge on any atom is -0.492 e. The third kappa shape index (κ3) is 6.86. The summed E-state index contributed by atoms with van der Waals surface area (Å²) in [5.74, 6) is 0.535. The number of nitrogens with zero attached hydrogens (tertiary/aromatic N) is 4. The Hall–Kier alpha value is -5.13. The Morgan fingerprint density at radius 3 is 2.72 bits per heavy atom. The number of H-pyrrole nitrogens is 2. The number of benzene rings is 2. The van der Waals surface area contributed by atoms with Gasteiger partial charge in [0, 0.05) is 47.8 Å². The molecule has 240 valence electrons. The van der Waals surface area contributed by atoms with E-state index in [-0.39, 0.29) is 11.7 Å². The lowest BCUT2D eigenvalue weighted by Crippen LogP contribution is -2.30. The van der Waals surface area contributed by atoms with Crippen LogP contribution in [0.2, 0.25) is 0 Å². The maximum atomic E-state index is 14.7. The Morgan fingerprint density at radius 2 is 1.87 bits per heavy atom. The highest BCUT2D eigenvalue weighted by Gasteiger charge is 2.18. The average Bonchev–Trinajstić information content (AvgIpc) is 3.69. The zero-order valence-electron chi connectivity index (χ0n) is 26.4. The number of nitrogens with one attached hydrogen (secondary N) is 4. The van der Waals surface area contributed by atoms with Crippen LogP contribution in [0.1, 0.15) is 19.3 Å². The summed E-state index contributed by atoms with van der Waals surface area (Å²) in [4.78, 5) is 27.1. The molecule has 10 nitrogen and oxygen atoms in total. The maximum absolute atomic E-state index is 14.7. The van der Waals surface area contributed by atoms with Crippen molar-refractivity contribution in [1.29, 1.82) is 0 Å². The quantitative estimate of drug-likeness (QED) is 0.141. The first-order chi connectivity index (χ1) is 22.9. The van der Waals surface area contributed by atoms with Gasteiger partial charge in [-0.3, -0.25) is 14.9 Å². The van der Waals surface area contributed by atoms with Crippen LogP contribution in [0.15, 0.2) is 73.2 Å². The molecule has 2 aromatic carbocycles. The van der Waals surface area contributed by atoms with Gasteiger partial charge in [-0.1, -0.05) is 6.07 Å². The molecule has 0 radical (unpaired) electrons. The SMILES string of the molecule is CN(C)CCOc1cc(F)cc(-c2ccnc3[nH]c(-c4n[nH]c5ccc(-c6cncc(NC(=O)CC7CCNCC7)c6)cc45)cc23)c1. The van der Waals surface area contributed by atoms with Crippen molar-refractivity contribution in [2.24, 2.45) is 5.92 Å². The van der Waals surface area contributed by atoms with Gasteiger partial charge < -0.3 is 25.3 Å². The number of anilines is 1. The number of hydrogen-bond acceptors (Lipinski definition) is 7. The molecule has 0 bridgehead atoms. The van der Waals surface area contributed by atoms with Gasteiger partial charge in [-0.25, -0.2) is 9.37 Å². The van der Waals surface area contributed by atoms with Crippen molar-refractivity contribution in [3.05, 3.63) is 79.0 Å². The topological polar surface area (TPSA) is 124 Å². The first-order valence-corrected chi connectivity index (χ1v) is 15.9. The number of carbonyl (C=O) groups is 1. The van der Waals surface area contributed by atoms with Gasteiger partial charge in [0.05, 0.1) is 23.1 Å². The van der Waals surface area contributed by atoms with E-state index >= 15 is 0 Å². The molecule has 1 fully saturated rings. The summed E-state index contributed by atoms with van der Waals surface area (Å²) in [6.45, 7) is 3.11. The Balaban J connectivity index is 1.16. The van der Waals surface area contributed by atoms with Crippen LogP contribution < -0.4 is 15.4 Å². The number of pyridine rings is 2. The van der Waals surface area contributed by atoms with Gasteiger partial charge in [-0.05, 0) is 105 Å². The van der Waals surface area contributed by atoms with Gasteiger partial charge in [-0.2, -0.15) is 5.10 Å². The Kier molecular flexibility index (Phi) is 8.64. The fourth-order valence-corrected chi connectivity index (χ4v) is 6.18. The van der Waals surface area contributed by atoms with E-state index in [1.165, 1.54) is 12.1 Å². The highest BCUT2D eigenvalue weighted by atomic mass is 19.1. The zero-order chi connectivity index (χ0) is 32.3. The number of amides is 1. The van der Waals surface area contributed by atoms with Crippen LogP contribution in [0.4, 0.5) is 10.1 Å². The van der Waals surface area contributed by atoms with Crippen molar-refractivity contribution in [1.82, 2.24) is 35.4 Å². The van der Waals surface area contributed by atoms with E-state index in [9.17, 15) is 9.18 Å². The molecule has 1 aliphatic rings. The standard InChI is InChI=1S/C36H37FN8O2/c1-45(2)11-12-47-28-16-24(14-26(37)18-28)29-7-10-40-36-30(29)19-33(42-36)35-31-17-23(3-4-32(31)43-44-35)25-15-27(21-39-20-25)41-34(46)13-22-5-8-38-9-6-22/h3-4,7,10,14-22,38H,5-6,8-9,11-13H2,1-2H3,(H,40,42)(H,41,46)(H,43,44). The zero-order valence-corrected chi connectivity index (χ0v) is 26.4. The maximum Gasteiger partial charge on any atom is 0.224 e. The Bertz CT molecular complexity index is 2050. The third-order valence-corrected chi connectivity index (χ3v) is 8.63. The van der Waals surface area contributed by atoms with Gasteiger partial charge in [0.1, 0.15) is 29.5 Å². The monoisotopic (exact) mass is 632 g/mol. The third-order valence-electron chi connectivity index (χ3n) is 8.63. The number of likely N-dealkylation sites (N-methyl/N-ethyl adjacent to an activating group) is 1. The number of piperidine rings is 1. The van der Waals surface area contributed by atoms with Gasteiger partial charge >= 0.3 is 0 Å². The van der Waals surface area contributed by atoms with Crippen molar-refractivity contribution < 1.29 is 13.9 Å². The second-order valence-corrected chi connectivity index (χ2v) is 12.4. The molecular weight excluding hydrogens is 595 g/mol. The van der Waals surface area contributed by atoms with E-state index in [0.717, 1.165) is 76.8 Å². The minimum absolute atomic E-state index is 0.0153. The molecule has 0 spiro atoms. The predicted octanol–water partition coefficient (Wildman–Crippen LogP) is 6.24. The second kappa shape index (κ2) is 13.3. The van der Waals surface area contributed by atoms with Crippen molar-refractivity contribution >= 4 is 33.5 Å². The van der Waals surface area contributed by atoms with Crippen molar-refractivity contribution in [2.45, 2.75) is 19.3 Å². The number of aromatic amines is 2. The van der Waals surface area contributed by atoms with Crippen molar-refractivity contribution in [3.8, 4) is 39.4 Å². The molecule has 4 aromatic heterocycles. The fraction of sp³-hybridized carbons (Fsp3) is 0.278. The van der Waals surface area contributed by atoms with Crippen molar-refractivity contribution in [3.63, 3.8) is 0 Å². The van der Waals surface area contributed by atoms with Crippen LogP contribution in [-0.2, 0) is 4.79 Å². The van der Waals surface area contributed by atoms with Crippen LogP contribution in [-0.4, -0.2) is 76.3 Å². The number of carbonyl (C=O) groups excluding carboxylic acids is 1. The molecule has 1 saturated heterocycles. The number of aromatic nitrogens is 5. The molecule has 0 aliphatic carbocycles. The number of halogens is 1. The Morgan fingerprint density at radius 1 is 1.00 bits per heavy atom. The van der Waals surface area contributed by atoms with Gasteiger partial charge in [0.2, 0.25) is 5.91 Å². The molecule has 0 unspecified atom stereocenters. The molecule has 4 N–H and O–H groups in total. The number of rotatable bonds is 10. The van der Waals surface area contributed by atoms with Crippen LogP contribution in [0, 0.1) is 11.7 Å². The summed E-state index contributed by atoms with van der Waals surface area (Å²) < 4.78 is 20.5. The van der Waals surface area contributed by atoms with Crippen LogP contribution in [0.5, 0.6) is 5.75 Å². The number of hydrogen-bond donors (Lipinski definition) is 4. The molecule has 0 saturated carbocycles. The van der Waals surface area contributed by atoms with E-state index in [4.69, 9.17) is 4.74 Å². The molecule has 1 aliphatic heterocycles. The summed E-state index contributed by atoms with van der Waals surface area (Å²) in [7, 11) is 3.93. The lowest BCUT2D eigenvalue weighted by atomic mass is 9.94. The van der Waals surface area contributed by atoms with Gasteiger partial charge in [0.25, 0.3) is 0 Å². The van der Waals surface area contributed by atoms with E-state index in [1.54, 1.807) is 18.6 Å². The lowest BCUT2D eigenvalue weighted by molar-refractivity contribution is -0.117. The lowest BCUT2D eigenvalue weighted by Gasteiger charge is -2.21. The molecular formula is C36H37FN8O2. The van der Waals surface area contributed by atoms with E-state index in [1.807, 2.05) is 55.4 Å². The largest absolute Gasteiger partial charge is 0.492 e. The smallest absolute Gasteiger partial charge is 0.224 e. The molecule has 6 aromatic rings. The summed E-state index contributed by atoms with van der Waals surface area (Å²) in [5, 5.41) is 15.9. The first kappa shape index (κ1) is 30.5. The summed E-state index contributed by atoms with van der Waals surface area (Å²) in [6.07, 6.45) is 7.73. The minimum atomic E-state index is -0.367. The Labute approximate surface area is 271 Å². The highest BCUT2D eigenvalue weighted by molar-refractivity contribution is 6.01. The number of ether oxygens (including phenoxy) is 1. The molecule has 5 heterocycles. The molecule has 0 atom stereocenters. The summed E-state index contributed by atoms with van der Waals surface area (Å²) >= 11 is 0. The van der Waals surface area contributed by atoms with E-state index < -0.39 is 0 Å². The first-order valence-electron chi connectivity index (χ1n) is 15.9. The van der Waals surface area contributed by atoms with E-state index in [2.05, 4.69) is 41.8 Å². The van der Waals surface area contributed by atoms with Gasteiger partial charge in [0.15, 0.2) is 0 Å². The fourth-order valence-electron chi connectivity index (χ4n) is 6.18. The average molecular weight is 633 g/mol. The second-order valence-electron chi connectivity index (χ2n) is 12.4. The molecule has 11 heteroatoms. The van der Waals surface area contributed by atoms with Crippen LogP contribution in [0.25, 0.3) is 55.6 Å². The normalized spacial score (nSPS) is 13.9. The number of fused-ring (bicyclic) bond motifs is 2. The molecule has 1 amide bonds. The molecule has 47 heavy (non-hydrogen) atoms. The summed E-state index contributed by atoms with van der Waals surface area (Å²) in [6, 6.07) is 16.7.